The molecule has 21 heavy (non-hydrogen) atoms. The van der Waals surface area contributed by atoms with Crippen molar-refractivity contribution in [3.8, 4) is 0 Å². The van der Waals surface area contributed by atoms with Crippen LogP contribution in [0, 0.1) is 17.0 Å². The molecule has 0 aliphatic rings. The molecule has 2 N–H and O–H groups in total. The molecule has 0 fully saturated rings. The summed E-state index contributed by atoms with van der Waals surface area (Å²) in [5.41, 5.74) is -0.411. The summed E-state index contributed by atoms with van der Waals surface area (Å²) in [5, 5.41) is 19.8. The van der Waals surface area contributed by atoms with Crippen molar-refractivity contribution in [2.75, 3.05) is 0 Å². The molecule has 0 aliphatic carbocycles. The Morgan fingerprint density at radius 2 is 2.19 bits per heavy atom. The molecule has 0 saturated carbocycles. The SMILES string of the molecule is C=CCC(NS(=O)(=O)c1cccc([N+](=O)[O-])c1C)C(=O)O. The van der Waals surface area contributed by atoms with Crippen molar-refractivity contribution < 1.29 is 23.2 Å². The number of sulfonamides is 1. The van der Waals surface area contributed by atoms with Gasteiger partial charge in [-0.15, -0.1) is 6.58 Å². The molecule has 0 aromatic heterocycles. The van der Waals surface area contributed by atoms with Gasteiger partial charge in [-0.1, -0.05) is 12.1 Å². The average Bonchev–Trinajstić information content (AvgIpc) is 2.37. The van der Waals surface area contributed by atoms with E-state index in [1.807, 2.05) is 4.72 Å². The van der Waals surface area contributed by atoms with Gasteiger partial charge in [0, 0.05) is 11.6 Å². The first kappa shape index (κ1) is 16.8. The summed E-state index contributed by atoms with van der Waals surface area (Å²) in [4.78, 5) is 20.8. The molecule has 0 saturated heterocycles. The highest BCUT2D eigenvalue weighted by Crippen LogP contribution is 2.24. The zero-order chi connectivity index (χ0) is 16.2. The minimum atomic E-state index is -4.20. The summed E-state index contributed by atoms with van der Waals surface area (Å²) in [5.74, 6) is -1.36. The second-order valence-electron chi connectivity index (χ2n) is 4.19. The quantitative estimate of drug-likeness (QED) is 0.442. The second kappa shape index (κ2) is 6.46. The number of nitrogens with zero attached hydrogens (tertiary/aromatic N) is 1. The maximum atomic E-state index is 12.2. The van der Waals surface area contributed by atoms with Gasteiger partial charge in [-0.2, -0.15) is 4.72 Å². The number of carboxylic acids is 1. The minimum absolute atomic E-state index is 0.0576. The Labute approximate surface area is 121 Å². The number of nitro groups is 1. The van der Waals surface area contributed by atoms with Gasteiger partial charge in [-0.3, -0.25) is 14.9 Å². The monoisotopic (exact) mass is 314 g/mol. The van der Waals surface area contributed by atoms with Crippen LogP contribution in [0.25, 0.3) is 0 Å². The molecule has 1 aromatic rings. The third-order valence-electron chi connectivity index (χ3n) is 2.74. The van der Waals surface area contributed by atoms with E-state index < -0.39 is 27.0 Å². The van der Waals surface area contributed by atoms with Crippen LogP contribution in [0.4, 0.5) is 5.69 Å². The van der Waals surface area contributed by atoms with Crippen LogP contribution in [0.15, 0.2) is 35.7 Å². The lowest BCUT2D eigenvalue weighted by atomic mass is 10.2. The van der Waals surface area contributed by atoms with Crippen LogP contribution in [0.5, 0.6) is 0 Å². The summed E-state index contributed by atoms with van der Waals surface area (Å²) in [6, 6.07) is 2.19. The van der Waals surface area contributed by atoms with Crippen LogP contribution < -0.4 is 4.72 Å². The number of rotatable bonds is 7. The zero-order valence-corrected chi connectivity index (χ0v) is 12.0. The molecule has 0 heterocycles. The van der Waals surface area contributed by atoms with Crippen LogP contribution in [0.3, 0.4) is 0 Å². The van der Waals surface area contributed by atoms with E-state index >= 15 is 0 Å². The summed E-state index contributed by atoms with van der Waals surface area (Å²) in [6.45, 7) is 4.64. The van der Waals surface area contributed by atoms with Gasteiger partial charge in [0.2, 0.25) is 10.0 Å². The van der Waals surface area contributed by atoms with Crippen molar-refractivity contribution in [2.24, 2.45) is 0 Å². The third-order valence-corrected chi connectivity index (χ3v) is 4.36. The van der Waals surface area contributed by atoms with Crippen molar-refractivity contribution >= 4 is 21.7 Å². The van der Waals surface area contributed by atoms with Crippen molar-refractivity contribution in [1.29, 1.82) is 0 Å². The van der Waals surface area contributed by atoms with E-state index in [4.69, 9.17) is 5.11 Å². The number of nitrogens with one attached hydrogen (secondary N) is 1. The first-order chi connectivity index (χ1) is 9.70. The van der Waals surface area contributed by atoms with Crippen LogP contribution in [-0.2, 0) is 14.8 Å². The summed E-state index contributed by atoms with van der Waals surface area (Å²) in [6.07, 6.45) is 1.16. The van der Waals surface area contributed by atoms with E-state index in [9.17, 15) is 23.3 Å². The Morgan fingerprint density at radius 3 is 2.67 bits per heavy atom. The third kappa shape index (κ3) is 3.86. The summed E-state index contributed by atoms with van der Waals surface area (Å²) in [7, 11) is -4.20. The topological polar surface area (TPSA) is 127 Å². The number of aliphatic carboxylic acids is 1. The highest BCUT2D eigenvalue weighted by molar-refractivity contribution is 7.89. The Morgan fingerprint density at radius 1 is 1.57 bits per heavy atom. The van der Waals surface area contributed by atoms with Crippen LogP contribution in [0.1, 0.15) is 12.0 Å². The zero-order valence-electron chi connectivity index (χ0n) is 11.1. The number of hydrogen-bond donors (Lipinski definition) is 2. The molecule has 0 aliphatic heterocycles. The van der Waals surface area contributed by atoms with E-state index in [-0.39, 0.29) is 22.6 Å². The number of carboxylic acid groups (broad SMARTS) is 1. The van der Waals surface area contributed by atoms with Gasteiger partial charge >= 0.3 is 5.97 Å². The first-order valence-electron chi connectivity index (χ1n) is 5.80. The van der Waals surface area contributed by atoms with E-state index in [1.165, 1.54) is 31.2 Å². The highest BCUT2D eigenvalue weighted by atomic mass is 32.2. The lowest BCUT2D eigenvalue weighted by Crippen LogP contribution is -2.40. The maximum absolute atomic E-state index is 12.2. The predicted molar refractivity (Wildman–Crippen MR) is 74.4 cm³/mol. The maximum Gasteiger partial charge on any atom is 0.322 e. The molecule has 0 spiro atoms. The fraction of sp³-hybridized carbons (Fsp3) is 0.250. The number of benzene rings is 1. The molecular weight excluding hydrogens is 300 g/mol. The lowest BCUT2D eigenvalue weighted by molar-refractivity contribution is -0.385. The van der Waals surface area contributed by atoms with Crippen LogP contribution in [0.2, 0.25) is 0 Å². The van der Waals surface area contributed by atoms with Gasteiger partial charge in [0.05, 0.1) is 9.82 Å². The Bertz CT molecular complexity index is 683. The van der Waals surface area contributed by atoms with Gasteiger partial charge in [-0.05, 0) is 19.4 Å². The van der Waals surface area contributed by atoms with Gasteiger partial charge in [0.25, 0.3) is 5.69 Å². The number of nitro benzene ring substituents is 1. The van der Waals surface area contributed by atoms with E-state index in [2.05, 4.69) is 6.58 Å². The molecular formula is C12H14N2O6S. The van der Waals surface area contributed by atoms with Gasteiger partial charge in [0.1, 0.15) is 6.04 Å². The largest absolute Gasteiger partial charge is 0.480 e. The number of hydrogen-bond acceptors (Lipinski definition) is 5. The molecule has 114 valence electrons. The molecule has 1 aromatic carbocycles. The van der Waals surface area contributed by atoms with Crippen molar-refractivity contribution in [3.63, 3.8) is 0 Å². The van der Waals surface area contributed by atoms with Crippen LogP contribution in [-0.4, -0.2) is 30.5 Å². The average molecular weight is 314 g/mol. The van der Waals surface area contributed by atoms with Gasteiger partial charge in [0.15, 0.2) is 0 Å². The molecule has 1 rings (SSSR count). The molecule has 0 amide bonds. The first-order valence-corrected chi connectivity index (χ1v) is 7.29. The van der Waals surface area contributed by atoms with Gasteiger partial charge < -0.3 is 5.11 Å². The molecule has 8 nitrogen and oxygen atoms in total. The second-order valence-corrected chi connectivity index (χ2v) is 5.88. The Hall–Kier alpha value is -2.26. The Balaban J connectivity index is 3.25. The van der Waals surface area contributed by atoms with Crippen molar-refractivity contribution in [3.05, 3.63) is 46.5 Å². The molecule has 9 heteroatoms. The lowest BCUT2D eigenvalue weighted by Gasteiger charge is -2.14. The standard InChI is InChI=1S/C12H14N2O6S/c1-3-5-9(12(15)16)13-21(19,20)11-7-4-6-10(8(11)2)14(17)18/h3-4,6-7,9,13H,1,5H2,2H3,(H,15,16). The predicted octanol–water partition coefficient (Wildman–Crippen LogP) is 1.21. The normalized spacial score (nSPS) is 12.6. The summed E-state index contributed by atoms with van der Waals surface area (Å²) < 4.78 is 26.4. The Kier molecular flexibility index (Phi) is 5.17. The molecule has 1 atom stereocenters. The fourth-order valence-electron chi connectivity index (χ4n) is 1.71. The number of carbonyl (C=O) groups is 1. The molecule has 0 bridgehead atoms. The van der Waals surface area contributed by atoms with E-state index in [0.29, 0.717) is 0 Å². The molecule has 1 unspecified atom stereocenters. The van der Waals surface area contributed by atoms with E-state index in [1.54, 1.807) is 0 Å². The fourth-order valence-corrected chi connectivity index (χ4v) is 3.17. The minimum Gasteiger partial charge on any atom is -0.480 e. The van der Waals surface area contributed by atoms with E-state index in [0.717, 1.165) is 0 Å². The van der Waals surface area contributed by atoms with Crippen LogP contribution >= 0.6 is 0 Å². The smallest absolute Gasteiger partial charge is 0.322 e. The highest BCUT2D eigenvalue weighted by Gasteiger charge is 2.27. The summed E-state index contributed by atoms with van der Waals surface area (Å²) >= 11 is 0. The van der Waals surface area contributed by atoms with Crippen molar-refractivity contribution in [1.82, 2.24) is 4.72 Å². The van der Waals surface area contributed by atoms with Crippen molar-refractivity contribution in [2.45, 2.75) is 24.3 Å². The molecule has 0 radical (unpaired) electrons. The van der Waals surface area contributed by atoms with Gasteiger partial charge in [-0.25, -0.2) is 8.42 Å².